The maximum atomic E-state index is 10.8. The molecule has 0 fully saturated rings. The standard InChI is InChI=1S/C7H14O2P/c1-3-5-7-10(8)9-6-4-2/h4H,2-3,5-7H2,1H3/q+1. The molecule has 0 radical (unpaired) electrons. The molecule has 10 heavy (non-hydrogen) atoms. The molecule has 0 saturated carbocycles. The summed E-state index contributed by atoms with van der Waals surface area (Å²) in [4.78, 5) is 0. The molecule has 3 heteroatoms. The van der Waals surface area contributed by atoms with Gasteiger partial charge in [0.1, 0.15) is 6.61 Å². The fourth-order valence-electron chi connectivity index (χ4n) is 0.488. The molecule has 0 amide bonds. The average Bonchev–Trinajstić information content (AvgIpc) is 1.97. The van der Waals surface area contributed by atoms with Gasteiger partial charge in [0.25, 0.3) is 0 Å². The monoisotopic (exact) mass is 161 g/mol. The predicted molar refractivity (Wildman–Crippen MR) is 43.5 cm³/mol. The minimum atomic E-state index is -1.41. The molecule has 0 N–H and O–H groups in total. The average molecular weight is 161 g/mol. The van der Waals surface area contributed by atoms with Crippen LogP contribution in [0.25, 0.3) is 0 Å². The van der Waals surface area contributed by atoms with Crippen LogP contribution in [0, 0.1) is 0 Å². The Morgan fingerprint density at radius 1 is 1.70 bits per heavy atom. The maximum absolute atomic E-state index is 10.8. The van der Waals surface area contributed by atoms with Crippen LogP contribution in [0.15, 0.2) is 12.7 Å². The zero-order valence-electron chi connectivity index (χ0n) is 6.38. The van der Waals surface area contributed by atoms with Crippen molar-refractivity contribution < 1.29 is 9.09 Å². The van der Waals surface area contributed by atoms with E-state index in [-0.39, 0.29) is 0 Å². The molecule has 0 bridgehead atoms. The Labute approximate surface area is 63.1 Å². The summed E-state index contributed by atoms with van der Waals surface area (Å²) in [6.07, 6.45) is 4.34. The van der Waals surface area contributed by atoms with Gasteiger partial charge in [-0.25, -0.2) is 0 Å². The molecule has 0 heterocycles. The third kappa shape index (κ3) is 5.93. The molecule has 0 aliphatic carbocycles. The van der Waals surface area contributed by atoms with Crippen molar-refractivity contribution in [1.29, 1.82) is 0 Å². The first-order valence-corrected chi connectivity index (χ1v) is 4.86. The van der Waals surface area contributed by atoms with Crippen molar-refractivity contribution in [2.24, 2.45) is 0 Å². The first-order valence-electron chi connectivity index (χ1n) is 3.49. The zero-order valence-corrected chi connectivity index (χ0v) is 7.27. The largest absolute Gasteiger partial charge is 0.508 e. The Kier molecular flexibility index (Phi) is 6.78. The van der Waals surface area contributed by atoms with Crippen molar-refractivity contribution >= 4 is 8.03 Å². The van der Waals surface area contributed by atoms with E-state index in [2.05, 4.69) is 13.5 Å². The van der Waals surface area contributed by atoms with Crippen molar-refractivity contribution in [2.75, 3.05) is 12.8 Å². The SMILES string of the molecule is C=CCO[P+](=O)CCCC. The number of rotatable bonds is 6. The minimum absolute atomic E-state index is 0.402. The lowest BCUT2D eigenvalue weighted by atomic mass is 10.4. The highest BCUT2D eigenvalue weighted by molar-refractivity contribution is 7.39. The molecule has 0 aromatic heterocycles. The van der Waals surface area contributed by atoms with Crippen molar-refractivity contribution in [3.63, 3.8) is 0 Å². The van der Waals surface area contributed by atoms with E-state index >= 15 is 0 Å². The molecule has 0 aliphatic heterocycles. The van der Waals surface area contributed by atoms with Crippen molar-refractivity contribution in [3.05, 3.63) is 12.7 Å². The summed E-state index contributed by atoms with van der Waals surface area (Å²) in [7, 11) is -1.41. The molecular weight excluding hydrogens is 147 g/mol. The molecule has 0 aromatic rings. The maximum Gasteiger partial charge on any atom is 0.508 e. The fourth-order valence-corrected chi connectivity index (χ4v) is 1.46. The number of unbranched alkanes of at least 4 members (excludes halogenated alkanes) is 1. The second kappa shape index (κ2) is 6.91. The van der Waals surface area contributed by atoms with Crippen LogP contribution in [-0.2, 0) is 9.09 Å². The topological polar surface area (TPSA) is 26.3 Å². The summed E-state index contributed by atoms with van der Waals surface area (Å²) < 4.78 is 15.7. The minimum Gasteiger partial charge on any atom is -0.142 e. The lowest BCUT2D eigenvalue weighted by Crippen LogP contribution is -1.83. The van der Waals surface area contributed by atoms with Gasteiger partial charge in [-0.15, -0.1) is 11.1 Å². The lowest BCUT2D eigenvalue weighted by Gasteiger charge is -1.84. The Balaban J connectivity index is 3.16. The van der Waals surface area contributed by atoms with Gasteiger partial charge in [0.15, 0.2) is 6.16 Å². The highest BCUT2D eigenvalue weighted by atomic mass is 31.1. The normalized spacial score (nSPS) is 11.1. The van der Waals surface area contributed by atoms with Crippen LogP contribution in [-0.4, -0.2) is 12.8 Å². The van der Waals surface area contributed by atoms with Gasteiger partial charge in [0.2, 0.25) is 0 Å². The molecule has 0 rings (SSSR count). The van der Waals surface area contributed by atoms with Gasteiger partial charge >= 0.3 is 8.03 Å². The molecule has 0 aromatic carbocycles. The van der Waals surface area contributed by atoms with Crippen molar-refractivity contribution in [1.82, 2.24) is 0 Å². The predicted octanol–water partition coefficient (Wildman–Crippen LogP) is 2.73. The van der Waals surface area contributed by atoms with Crippen LogP contribution in [0.5, 0.6) is 0 Å². The van der Waals surface area contributed by atoms with Crippen LogP contribution < -0.4 is 0 Å². The van der Waals surface area contributed by atoms with Gasteiger partial charge in [0, 0.05) is 0 Å². The Bertz CT molecular complexity index is 112. The van der Waals surface area contributed by atoms with Crippen LogP contribution in [0.1, 0.15) is 19.8 Å². The van der Waals surface area contributed by atoms with Crippen LogP contribution in [0.2, 0.25) is 0 Å². The second-order valence-corrected chi connectivity index (χ2v) is 3.37. The summed E-state index contributed by atoms with van der Waals surface area (Å²) >= 11 is 0. The summed E-state index contributed by atoms with van der Waals surface area (Å²) in [6, 6.07) is 0. The van der Waals surface area contributed by atoms with Gasteiger partial charge in [-0.05, 0) is 11.0 Å². The summed E-state index contributed by atoms with van der Waals surface area (Å²) in [5, 5.41) is 0. The van der Waals surface area contributed by atoms with E-state index in [1.165, 1.54) is 0 Å². The van der Waals surface area contributed by atoms with E-state index in [1.54, 1.807) is 6.08 Å². The first kappa shape index (κ1) is 9.80. The van der Waals surface area contributed by atoms with E-state index in [0.29, 0.717) is 12.8 Å². The summed E-state index contributed by atoms with van der Waals surface area (Å²) in [5.74, 6) is 0. The van der Waals surface area contributed by atoms with Gasteiger partial charge in [-0.1, -0.05) is 19.4 Å². The van der Waals surface area contributed by atoms with Gasteiger partial charge < -0.3 is 0 Å². The highest BCUT2D eigenvalue weighted by Gasteiger charge is 2.13. The van der Waals surface area contributed by atoms with E-state index in [0.717, 1.165) is 12.8 Å². The molecule has 58 valence electrons. The third-order valence-corrected chi connectivity index (χ3v) is 2.15. The summed E-state index contributed by atoms with van der Waals surface area (Å²) in [6.45, 7) is 5.93. The number of hydrogen-bond acceptors (Lipinski definition) is 2. The van der Waals surface area contributed by atoms with E-state index < -0.39 is 8.03 Å². The van der Waals surface area contributed by atoms with Gasteiger partial charge in [0.05, 0.1) is 0 Å². The van der Waals surface area contributed by atoms with E-state index in [4.69, 9.17) is 4.52 Å². The Morgan fingerprint density at radius 3 is 2.90 bits per heavy atom. The second-order valence-electron chi connectivity index (χ2n) is 1.99. The molecule has 2 nitrogen and oxygen atoms in total. The van der Waals surface area contributed by atoms with Crippen LogP contribution in [0.3, 0.4) is 0 Å². The lowest BCUT2D eigenvalue weighted by molar-refractivity contribution is 0.370. The van der Waals surface area contributed by atoms with E-state index in [9.17, 15) is 4.57 Å². The fraction of sp³-hybridized carbons (Fsp3) is 0.714. The summed E-state index contributed by atoms with van der Waals surface area (Å²) in [5.41, 5.74) is 0. The quantitative estimate of drug-likeness (QED) is 0.442. The third-order valence-electron chi connectivity index (χ3n) is 1.03. The molecule has 0 spiro atoms. The highest BCUT2D eigenvalue weighted by Crippen LogP contribution is 2.22. The van der Waals surface area contributed by atoms with Crippen molar-refractivity contribution in [3.8, 4) is 0 Å². The molecule has 1 atom stereocenters. The van der Waals surface area contributed by atoms with Gasteiger partial charge in [-0.2, -0.15) is 0 Å². The first-order chi connectivity index (χ1) is 4.81. The molecule has 0 saturated heterocycles. The molecular formula is C7H14O2P+. The van der Waals surface area contributed by atoms with Crippen LogP contribution >= 0.6 is 8.03 Å². The Morgan fingerprint density at radius 2 is 2.40 bits per heavy atom. The van der Waals surface area contributed by atoms with Crippen LogP contribution in [0.4, 0.5) is 0 Å². The van der Waals surface area contributed by atoms with Gasteiger partial charge in [-0.3, -0.25) is 0 Å². The van der Waals surface area contributed by atoms with Crippen molar-refractivity contribution in [2.45, 2.75) is 19.8 Å². The Hall–Kier alpha value is -0.200. The van der Waals surface area contributed by atoms with E-state index in [1.807, 2.05) is 0 Å². The zero-order chi connectivity index (χ0) is 7.82. The number of hydrogen-bond donors (Lipinski definition) is 0. The molecule has 1 unspecified atom stereocenters. The smallest absolute Gasteiger partial charge is 0.142 e. The molecule has 0 aliphatic rings.